The molecule has 7 heteroatoms. The number of hydrogen-bond acceptors (Lipinski definition) is 3. The summed E-state index contributed by atoms with van der Waals surface area (Å²) in [6.07, 6.45) is 4.18. The highest BCUT2D eigenvalue weighted by Crippen LogP contribution is 2.17. The molecule has 0 unspecified atom stereocenters. The van der Waals surface area contributed by atoms with Gasteiger partial charge in [0.05, 0.1) is 5.56 Å². The van der Waals surface area contributed by atoms with E-state index < -0.39 is 11.2 Å². The molecule has 6 nitrogen and oxygen atoms in total. The first-order chi connectivity index (χ1) is 11.8. The lowest BCUT2D eigenvalue weighted by Gasteiger charge is -2.19. The third kappa shape index (κ3) is 4.28. The highest BCUT2D eigenvalue weighted by Gasteiger charge is 2.12. The largest absolute Gasteiger partial charge is 0.335 e. The van der Waals surface area contributed by atoms with E-state index in [4.69, 9.17) is 11.6 Å². The van der Waals surface area contributed by atoms with Crippen molar-refractivity contribution < 1.29 is 4.79 Å². The van der Waals surface area contributed by atoms with Crippen molar-refractivity contribution in [2.24, 2.45) is 14.1 Å². The van der Waals surface area contributed by atoms with Gasteiger partial charge in [0, 0.05) is 44.5 Å². The number of nitrogens with zero attached hydrogens (tertiary/aromatic N) is 3. The van der Waals surface area contributed by atoms with Crippen LogP contribution in [0.2, 0.25) is 5.02 Å². The fourth-order valence-corrected chi connectivity index (χ4v) is 2.59. The van der Waals surface area contributed by atoms with Crippen LogP contribution >= 0.6 is 11.6 Å². The molecule has 0 N–H and O–H groups in total. The van der Waals surface area contributed by atoms with Gasteiger partial charge < -0.3 is 9.47 Å². The maximum atomic E-state index is 12.4. The predicted octanol–water partition coefficient (Wildman–Crippen LogP) is 1.80. The van der Waals surface area contributed by atoms with Crippen molar-refractivity contribution >= 4 is 23.6 Å². The van der Waals surface area contributed by atoms with E-state index in [9.17, 15) is 14.4 Å². The molecule has 0 atom stereocenters. The average Bonchev–Trinajstić information content (AvgIpc) is 2.61. The van der Waals surface area contributed by atoms with Crippen molar-refractivity contribution in [1.82, 2.24) is 14.0 Å². The molecule has 132 valence electrons. The van der Waals surface area contributed by atoms with Gasteiger partial charge in [-0.1, -0.05) is 29.8 Å². The summed E-state index contributed by atoms with van der Waals surface area (Å²) >= 11 is 6.14. The van der Waals surface area contributed by atoms with E-state index in [1.165, 1.54) is 30.0 Å². The maximum Gasteiger partial charge on any atom is 0.330 e. The van der Waals surface area contributed by atoms with Gasteiger partial charge in [-0.15, -0.1) is 0 Å². The Balaban J connectivity index is 2.23. The summed E-state index contributed by atoms with van der Waals surface area (Å²) in [5.74, 6) is -0.238. The summed E-state index contributed by atoms with van der Waals surface area (Å²) in [5, 5.41) is 0.602. The standard InChI is InChI=1S/C18H20ClN3O3/c1-4-22(12-13-7-5-6-8-15(13)19)16(23)10-9-14-11-20(2)18(25)21(3)17(14)24/h5-11H,4,12H2,1-3H3/b10-9+. The fourth-order valence-electron chi connectivity index (χ4n) is 2.39. The summed E-state index contributed by atoms with van der Waals surface area (Å²) in [5.41, 5.74) is 0.265. The van der Waals surface area contributed by atoms with E-state index in [1.807, 2.05) is 25.1 Å². The van der Waals surface area contributed by atoms with Crippen molar-refractivity contribution in [3.05, 3.63) is 73.5 Å². The lowest BCUT2D eigenvalue weighted by molar-refractivity contribution is -0.126. The van der Waals surface area contributed by atoms with Crippen LogP contribution in [0.15, 0.2) is 46.1 Å². The Hall–Kier alpha value is -2.60. The monoisotopic (exact) mass is 361 g/mol. The first kappa shape index (κ1) is 18.7. The number of hydrogen-bond donors (Lipinski definition) is 0. The molecule has 1 aromatic carbocycles. The minimum Gasteiger partial charge on any atom is -0.335 e. The topological polar surface area (TPSA) is 64.3 Å². The molecule has 0 saturated carbocycles. The Morgan fingerprint density at radius 1 is 1.24 bits per heavy atom. The van der Waals surface area contributed by atoms with Gasteiger partial charge in [-0.25, -0.2) is 4.79 Å². The van der Waals surface area contributed by atoms with Crippen LogP contribution in [0.5, 0.6) is 0 Å². The van der Waals surface area contributed by atoms with Crippen molar-refractivity contribution in [3.8, 4) is 0 Å². The number of aromatic nitrogens is 2. The first-order valence-electron chi connectivity index (χ1n) is 7.82. The number of halogens is 1. The number of benzene rings is 1. The smallest absolute Gasteiger partial charge is 0.330 e. The van der Waals surface area contributed by atoms with Gasteiger partial charge >= 0.3 is 5.69 Å². The molecule has 0 aliphatic carbocycles. The van der Waals surface area contributed by atoms with Gasteiger partial charge in [0.2, 0.25) is 5.91 Å². The van der Waals surface area contributed by atoms with Gasteiger partial charge in [-0.05, 0) is 24.6 Å². The second-order valence-corrected chi connectivity index (χ2v) is 6.03. The highest BCUT2D eigenvalue weighted by atomic mass is 35.5. The van der Waals surface area contributed by atoms with Crippen LogP contribution in [0.4, 0.5) is 0 Å². The number of aryl methyl sites for hydroxylation is 1. The van der Waals surface area contributed by atoms with Crippen molar-refractivity contribution in [2.75, 3.05) is 6.54 Å². The minimum atomic E-state index is -0.443. The minimum absolute atomic E-state index is 0.238. The number of carbonyl (C=O) groups excluding carboxylic acids is 1. The molecule has 1 amide bonds. The van der Waals surface area contributed by atoms with Crippen molar-refractivity contribution in [2.45, 2.75) is 13.5 Å². The van der Waals surface area contributed by atoms with Crippen LogP contribution < -0.4 is 11.2 Å². The summed E-state index contributed by atoms with van der Waals surface area (Å²) in [4.78, 5) is 37.8. The SMILES string of the molecule is CCN(Cc1ccccc1Cl)C(=O)/C=C/c1cn(C)c(=O)n(C)c1=O. The Morgan fingerprint density at radius 2 is 1.92 bits per heavy atom. The zero-order valence-corrected chi connectivity index (χ0v) is 15.2. The first-order valence-corrected chi connectivity index (χ1v) is 8.20. The third-order valence-electron chi connectivity index (χ3n) is 3.89. The lowest BCUT2D eigenvalue weighted by Crippen LogP contribution is -2.37. The van der Waals surface area contributed by atoms with Crippen molar-refractivity contribution in [1.29, 1.82) is 0 Å². The number of likely N-dealkylation sites (N-methyl/N-ethyl adjacent to an activating group) is 1. The molecule has 0 bridgehead atoms. The maximum absolute atomic E-state index is 12.4. The molecule has 2 rings (SSSR count). The van der Waals surface area contributed by atoms with E-state index in [1.54, 1.807) is 18.0 Å². The quantitative estimate of drug-likeness (QED) is 0.763. The van der Waals surface area contributed by atoms with Gasteiger partial charge in [0.1, 0.15) is 0 Å². The van der Waals surface area contributed by atoms with E-state index in [0.29, 0.717) is 18.1 Å². The fraction of sp³-hybridized carbons (Fsp3) is 0.278. The highest BCUT2D eigenvalue weighted by molar-refractivity contribution is 6.31. The Morgan fingerprint density at radius 3 is 2.56 bits per heavy atom. The molecule has 25 heavy (non-hydrogen) atoms. The van der Waals surface area contributed by atoms with Crippen LogP contribution in [-0.2, 0) is 25.4 Å². The predicted molar refractivity (Wildman–Crippen MR) is 98.5 cm³/mol. The van der Waals surface area contributed by atoms with Crippen LogP contribution in [0.1, 0.15) is 18.1 Å². The van der Waals surface area contributed by atoms with E-state index in [2.05, 4.69) is 0 Å². The zero-order valence-electron chi connectivity index (χ0n) is 14.4. The third-order valence-corrected chi connectivity index (χ3v) is 4.26. The number of amides is 1. The Kier molecular flexibility index (Phi) is 5.98. The Labute approximate surface area is 150 Å². The second kappa shape index (κ2) is 7.98. The molecule has 2 aromatic rings. The molecule has 0 saturated heterocycles. The molecule has 0 radical (unpaired) electrons. The summed E-state index contributed by atoms with van der Waals surface area (Å²) in [7, 11) is 2.95. The van der Waals surface area contributed by atoms with E-state index in [0.717, 1.165) is 10.1 Å². The molecule has 0 fully saturated rings. The number of carbonyl (C=O) groups is 1. The van der Waals surface area contributed by atoms with Gasteiger partial charge in [0.15, 0.2) is 0 Å². The van der Waals surface area contributed by atoms with E-state index in [-0.39, 0.29) is 11.5 Å². The molecule has 0 aliphatic heterocycles. The van der Waals surface area contributed by atoms with Gasteiger partial charge in [-0.3, -0.25) is 14.2 Å². The lowest BCUT2D eigenvalue weighted by atomic mass is 10.2. The van der Waals surface area contributed by atoms with Crippen LogP contribution in [0.25, 0.3) is 6.08 Å². The zero-order chi connectivity index (χ0) is 18.6. The summed E-state index contributed by atoms with van der Waals surface area (Å²) in [6, 6.07) is 7.34. The molecule has 1 heterocycles. The molecular weight excluding hydrogens is 342 g/mol. The average molecular weight is 362 g/mol. The van der Waals surface area contributed by atoms with E-state index >= 15 is 0 Å². The number of rotatable bonds is 5. The van der Waals surface area contributed by atoms with Crippen LogP contribution in [0.3, 0.4) is 0 Å². The molecule has 0 spiro atoms. The summed E-state index contributed by atoms with van der Waals surface area (Å²) < 4.78 is 2.30. The van der Waals surface area contributed by atoms with Crippen LogP contribution in [0, 0.1) is 0 Å². The van der Waals surface area contributed by atoms with Gasteiger partial charge in [0.25, 0.3) is 5.56 Å². The van der Waals surface area contributed by atoms with Gasteiger partial charge in [-0.2, -0.15) is 0 Å². The Bertz CT molecular complexity index is 928. The van der Waals surface area contributed by atoms with Crippen molar-refractivity contribution in [3.63, 3.8) is 0 Å². The second-order valence-electron chi connectivity index (χ2n) is 5.62. The molecule has 1 aromatic heterocycles. The summed E-state index contributed by atoms with van der Waals surface area (Å²) in [6.45, 7) is 2.75. The molecular formula is C18H20ClN3O3. The normalized spacial score (nSPS) is 11.0. The molecule has 0 aliphatic rings. The van der Waals surface area contributed by atoms with Crippen LogP contribution in [-0.4, -0.2) is 26.5 Å².